The first-order valence-corrected chi connectivity index (χ1v) is 9.60. The zero-order chi connectivity index (χ0) is 16.2. The third-order valence-electron chi connectivity index (χ3n) is 5.56. The van der Waals surface area contributed by atoms with E-state index in [1.807, 2.05) is 0 Å². The van der Waals surface area contributed by atoms with Gasteiger partial charge in [0.2, 0.25) is 0 Å². The van der Waals surface area contributed by atoms with Gasteiger partial charge in [0, 0.05) is 25.7 Å². The molecule has 0 saturated carbocycles. The average Bonchev–Trinajstić information content (AvgIpc) is 3.16. The van der Waals surface area contributed by atoms with Crippen LogP contribution in [0.5, 0.6) is 0 Å². The van der Waals surface area contributed by atoms with E-state index in [1.54, 1.807) is 0 Å². The summed E-state index contributed by atoms with van der Waals surface area (Å²) in [5, 5.41) is 7.03. The van der Waals surface area contributed by atoms with Crippen LogP contribution >= 0.6 is 0 Å². The van der Waals surface area contributed by atoms with E-state index in [4.69, 9.17) is 9.73 Å². The SMILES string of the molecule is CCNC(=NCC1CCCN(C(C)C)C1)NC1CC2CCC1O2. The summed E-state index contributed by atoms with van der Waals surface area (Å²) >= 11 is 0. The highest BCUT2D eigenvalue weighted by Crippen LogP contribution is 2.34. The Morgan fingerprint density at radius 3 is 2.83 bits per heavy atom. The number of nitrogens with zero attached hydrogens (tertiary/aromatic N) is 2. The first-order valence-electron chi connectivity index (χ1n) is 9.60. The van der Waals surface area contributed by atoms with Crippen LogP contribution in [0.2, 0.25) is 0 Å². The second kappa shape index (κ2) is 7.84. The molecule has 0 aliphatic carbocycles. The standard InChI is InChI=1S/C18H34N4O/c1-4-19-18(21-16-10-15-7-8-17(16)23-15)20-11-14-6-5-9-22(12-14)13(2)3/h13-17H,4-12H2,1-3H3,(H2,19,20,21). The van der Waals surface area contributed by atoms with Crippen LogP contribution < -0.4 is 10.6 Å². The lowest BCUT2D eigenvalue weighted by Crippen LogP contribution is -2.48. The Morgan fingerprint density at radius 2 is 2.17 bits per heavy atom. The minimum Gasteiger partial charge on any atom is -0.373 e. The van der Waals surface area contributed by atoms with Crippen molar-refractivity contribution in [2.75, 3.05) is 26.2 Å². The van der Waals surface area contributed by atoms with Crippen LogP contribution in [0.1, 0.15) is 52.9 Å². The van der Waals surface area contributed by atoms with Crippen molar-refractivity contribution < 1.29 is 4.74 Å². The molecule has 3 aliphatic rings. The molecule has 4 atom stereocenters. The molecule has 0 radical (unpaired) electrons. The predicted molar refractivity (Wildman–Crippen MR) is 94.8 cm³/mol. The maximum atomic E-state index is 5.95. The zero-order valence-corrected chi connectivity index (χ0v) is 15.1. The van der Waals surface area contributed by atoms with E-state index in [0.717, 1.165) is 25.5 Å². The van der Waals surface area contributed by atoms with Gasteiger partial charge in [0.05, 0.1) is 18.2 Å². The van der Waals surface area contributed by atoms with Crippen LogP contribution in [-0.4, -0.2) is 61.3 Å². The number of ether oxygens (including phenoxy) is 1. The molecule has 4 unspecified atom stereocenters. The van der Waals surface area contributed by atoms with Gasteiger partial charge >= 0.3 is 0 Å². The van der Waals surface area contributed by atoms with Crippen molar-refractivity contribution >= 4 is 5.96 Å². The summed E-state index contributed by atoms with van der Waals surface area (Å²) < 4.78 is 5.95. The number of aliphatic imine (C=N–C) groups is 1. The summed E-state index contributed by atoms with van der Waals surface area (Å²) in [6.07, 6.45) is 7.08. The van der Waals surface area contributed by atoms with E-state index in [1.165, 1.54) is 38.8 Å². The third kappa shape index (κ3) is 4.38. The van der Waals surface area contributed by atoms with E-state index < -0.39 is 0 Å². The molecular formula is C18H34N4O. The maximum absolute atomic E-state index is 5.95. The fourth-order valence-electron chi connectivity index (χ4n) is 4.22. The van der Waals surface area contributed by atoms with E-state index in [9.17, 15) is 0 Å². The van der Waals surface area contributed by atoms with E-state index in [-0.39, 0.29) is 0 Å². The topological polar surface area (TPSA) is 48.9 Å². The number of fused-ring (bicyclic) bond motifs is 2. The van der Waals surface area contributed by atoms with Gasteiger partial charge in [-0.2, -0.15) is 0 Å². The van der Waals surface area contributed by atoms with Gasteiger partial charge in [0.15, 0.2) is 5.96 Å². The molecular weight excluding hydrogens is 288 g/mol. The molecule has 3 saturated heterocycles. The summed E-state index contributed by atoms with van der Waals surface area (Å²) in [6.45, 7) is 11.0. The van der Waals surface area contributed by atoms with E-state index in [0.29, 0.717) is 30.2 Å². The molecule has 0 amide bonds. The fraction of sp³-hybridized carbons (Fsp3) is 0.944. The number of nitrogens with one attached hydrogen (secondary N) is 2. The van der Waals surface area contributed by atoms with E-state index >= 15 is 0 Å². The predicted octanol–water partition coefficient (Wildman–Crippen LogP) is 1.98. The molecule has 3 rings (SSSR count). The first-order chi connectivity index (χ1) is 11.2. The van der Waals surface area contributed by atoms with Crippen molar-refractivity contribution in [2.45, 2.75) is 77.2 Å². The summed E-state index contributed by atoms with van der Waals surface area (Å²) in [4.78, 5) is 7.48. The molecule has 3 aliphatic heterocycles. The van der Waals surface area contributed by atoms with E-state index in [2.05, 4.69) is 36.3 Å². The van der Waals surface area contributed by atoms with Crippen molar-refractivity contribution in [1.82, 2.24) is 15.5 Å². The van der Waals surface area contributed by atoms with Crippen LogP contribution in [-0.2, 0) is 4.74 Å². The normalized spacial score (nSPS) is 35.0. The van der Waals surface area contributed by atoms with Crippen molar-refractivity contribution in [1.29, 1.82) is 0 Å². The maximum Gasteiger partial charge on any atom is 0.191 e. The summed E-state index contributed by atoms with van der Waals surface area (Å²) in [7, 11) is 0. The van der Waals surface area contributed by atoms with Gasteiger partial charge in [-0.3, -0.25) is 4.99 Å². The monoisotopic (exact) mass is 322 g/mol. The molecule has 2 bridgehead atoms. The van der Waals surface area contributed by atoms with Gasteiger partial charge in [-0.25, -0.2) is 0 Å². The van der Waals surface area contributed by atoms with Crippen LogP contribution in [0.25, 0.3) is 0 Å². The molecule has 5 heteroatoms. The average molecular weight is 322 g/mol. The lowest BCUT2D eigenvalue weighted by molar-refractivity contribution is 0.0992. The van der Waals surface area contributed by atoms with Crippen LogP contribution in [0.3, 0.4) is 0 Å². The summed E-state index contributed by atoms with van der Waals surface area (Å²) in [6, 6.07) is 1.10. The van der Waals surface area contributed by atoms with Gasteiger partial charge in [-0.05, 0) is 65.3 Å². The minimum absolute atomic E-state index is 0.398. The fourth-order valence-corrected chi connectivity index (χ4v) is 4.22. The van der Waals surface area contributed by atoms with Crippen molar-refractivity contribution in [3.8, 4) is 0 Å². The Hall–Kier alpha value is -0.810. The lowest BCUT2D eigenvalue weighted by Gasteiger charge is -2.35. The molecule has 0 spiro atoms. The Kier molecular flexibility index (Phi) is 5.81. The van der Waals surface area contributed by atoms with Crippen LogP contribution in [0, 0.1) is 5.92 Å². The zero-order valence-electron chi connectivity index (χ0n) is 15.1. The second-order valence-corrected chi connectivity index (χ2v) is 7.68. The molecule has 132 valence electrons. The van der Waals surface area contributed by atoms with Gasteiger partial charge < -0.3 is 20.3 Å². The molecule has 23 heavy (non-hydrogen) atoms. The number of likely N-dealkylation sites (tertiary alicyclic amines) is 1. The van der Waals surface area contributed by atoms with Gasteiger partial charge in [-0.15, -0.1) is 0 Å². The Balaban J connectivity index is 1.52. The number of rotatable bonds is 5. The molecule has 2 N–H and O–H groups in total. The Bertz CT molecular complexity index is 412. The lowest BCUT2D eigenvalue weighted by atomic mass is 9.95. The summed E-state index contributed by atoms with van der Waals surface area (Å²) in [5.41, 5.74) is 0. The molecule has 0 aromatic heterocycles. The van der Waals surface area contributed by atoms with Crippen molar-refractivity contribution in [3.63, 3.8) is 0 Å². The smallest absolute Gasteiger partial charge is 0.191 e. The van der Waals surface area contributed by atoms with Crippen molar-refractivity contribution in [2.24, 2.45) is 10.9 Å². The van der Waals surface area contributed by atoms with Crippen molar-refractivity contribution in [3.05, 3.63) is 0 Å². The molecule has 0 aromatic rings. The largest absolute Gasteiger partial charge is 0.373 e. The Morgan fingerprint density at radius 1 is 1.30 bits per heavy atom. The number of piperidine rings is 1. The highest BCUT2D eigenvalue weighted by molar-refractivity contribution is 5.80. The third-order valence-corrected chi connectivity index (χ3v) is 5.56. The highest BCUT2D eigenvalue weighted by Gasteiger charge is 2.41. The second-order valence-electron chi connectivity index (χ2n) is 7.68. The molecule has 3 fully saturated rings. The van der Waals surface area contributed by atoms with Crippen LogP contribution in [0.4, 0.5) is 0 Å². The van der Waals surface area contributed by atoms with Gasteiger partial charge in [0.1, 0.15) is 0 Å². The number of guanidine groups is 1. The van der Waals surface area contributed by atoms with Gasteiger partial charge in [0.25, 0.3) is 0 Å². The number of hydrogen-bond donors (Lipinski definition) is 2. The minimum atomic E-state index is 0.398. The first kappa shape index (κ1) is 17.0. The molecule has 5 nitrogen and oxygen atoms in total. The molecule has 3 heterocycles. The molecule has 0 aromatic carbocycles. The Labute approximate surface area is 141 Å². The quantitative estimate of drug-likeness (QED) is 0.600. The van der Waals surface area contributed by atoms with Crippen LogP contribution in [0.15, 0.2) is 4.99 Å². The number of hydrogen-bond acceptors (Lipinski definition) is 3. The highest BCUT2D eigenvalue weighted by atomic mass is 16.5. The van der Waals surface area contributed by atoms with Gasteiger partial charge in [-0.1, -0.05) is 0 Å². The summed E-state index contributed by atoms with van der Waals surface area (Å²) in [5.74, 6) is 1.67.